The van der Waals surface area contributed by atoms with Crippen molar-refractivity contribution in [2.75, 3.05) is 13.7 Å². The first-order valence-corrected chi connectivity index (χ1v) is 17.7. The van der Waals surface area contributed by atoms with Crippen LogP contribution in [0.2, 0.25) is 0 Å². The first-order chi connectivity index (χ1) is 22.6. The van der Waals surface area contributed by atoms with Gasteiger partial charge in [0.1, 0.15) is 42.2 Å². The number of nitrogens with zero attached hydrogens (tertiary/aromatic N) is 1. The molecule has 2 bridgehead atoms. The monoisotopic (exact) mass is 671 g/mol. The molecule has 3 unspecified atom stereocenters. The van der Waals surface area contributed by atoms with Gasteiger partial charge in [0.15, 0.2) is 5.79 Å². The van der Waals surface area contributed by atoms with Crippen LogP contribution in [0.5, 0.6) is 0 Å². The molecule has 1 aliphatic carbocycles. The summed E-state index contributed by atoms with van der Waals surface area (Å²) in [7, 11) is 1.54. The summed E-state index contributed by atoms with van der Waals surface area (Å²) >= 11 is 0. The number of hydrogen-bond donors (Lipinski definition) is 2. The predicted molar refractivity (Wildman–Crippen MR) is 174 cm³/mol. The Bertz CT molecular complexity index is 1420. The number of rotatable bonds is 3. The summed E-state index contributed by atoms with van der Waals surface area (Å²) in [6, 6.07) is 0. The van der Waals surface area contributed by atoms with Crippen LogP contribution in [0.15, 0.2) is 40.8 Å². The molecule has 2 N–H and O–H groups in total. The lowest BCUT2D eigenvalue weighted by Gasteiger charge is -2.50. The highest BCUT2D eigenvalue weighted by Gasteiger charge is 2.66. The van der Waals surface area contributed by atoms with Crippen molar-refractivity contribution >= 4 is 11.7 Å². The van der Waals surface area contributed by atoms with Gasteiger partial charge < -0.3 is 43.5 Å². The standard InChI is InChI=1S/C37H53NO10/c1-19(2)31-35(7,47-31)32-22(5)27(38-42-8)17-36(48-32)16-24-13-23(45-36)14-29-34(6,46-29)15-20(3)10-9-11-28-37(41)25(33(40)44-24)12-21(4)30(39)26(37)18-43-28/h9-12,19-20,22-26,29-32,39,41H,13-18H2,1-8H3/b10-9+,28-11-,38-27+/t20-,22-,23-,24-,25-,26+,29?,30+,31?,32-,34?,35+,36-,37+/m0/s1. The first kappa shape index (κ1) is 34.2. The molecule has 1 spiro atoms. The summed E-state index contributed by atoms with van der Waals surface area (Å²) in [5, 5.41) is 27.8. The van der Waals surface area contributed by atoms with Gasteiger partial charge in [-0.3, -0.25) is 4.79 Å². The zero-order chi connectivity index (χ0) is 34.4. The van der Waals surface area contributed by atoms with Gasteiger partial charge in [0.05, 0.1) is 48.3 Å². The Kier molecular flexibility index (Phi) is 8.48. The molecule has 0 aromatic carbocycles. The average Bonchev–Trinajstić information content (AvgIpc) is 3.84. The number of ether oxygens (including phenoxy) is 6. The number of fused-ring (bicyclic) bond motifs is 3. The van der Waals surface area contributed by atoms with Crippen LogP contribution in [-0.4, -0.2) is 94.8 Å². The lowest BCUT2D eigenvalue weighted by Crippen LogP contribution is -2.60. The first-order valence-electron chi connectivity index (χ1n) is 17.7. The summed E-state index contributed by atoms with van der Waals surface area (Å²) in [5.41, 5.74) is -1.21. The fraction of sp³-hybridized carbons (Fsp3) is 0.784. The van der Waals surface area contributed by atoms with Crippen molar-refractivity contribution in [1.29, 1.82) is 0 Å². The third-order valence-electron chi connectivity index (χ3n) is 12.1. The van der Waals surface area contributed by atoms with Crippen molar-refractivity contribution < 1.29 is 48.3 Å². The van der Waals surface area contributed by atoms with Crippen molar-refractivity contribution in [1.82, 2.24) is 0 Å². The van der Waals surface area contributed by atoms with Crippen LogP contribution < -0.4 is 0 Å². The number of carbonyl (C=O) groups excluding carboxylic acids is 1. The molecule has 0 radical (unpaired) electrons. The van der Waals surface area contributed by atoms with E-state index in [9.17, 15) is 15.0 Å². The van der Waals surface area contributed by atoms with Crippen LogP contribution in [0, 0.1) is 29.6 Å². The Morgan fingerprint density at radius 3 is 2.54 bits per heavy atom. The minimum Gasteiger partial charge on any atom is -0.494 e. The number of aliphatic hydroxyl groups excluding tert-OH is 1. The molecule has 5 fully saturated rings. The van der Waals surface area contributed by atoms with Gasteiger partial charge in [-0.2, -0.15) is 0 Å². The van der Waals surface area contributed by atoms with E-state index in [4.69, 9.17) is 33.3 Å². The Morgan fingerprint density at radius 2 is 1.83 bits per heavy atom. The van der Waals surface area contributed by atoms with E-state index in [1.807, 2.05) is 6.08 Å². The molecule has 266 valence electrons. The van der Waals surface area contributed by atoms with E-state index in [1.165, 1.54) is 0 Å². The van der Waals surface area contributed by atoms with Gasteiger partial charge in [0, 0.05) is 31.6 Å². The zero-order valence-corrected chi connectivity index (χ0v) is 29.5. The minimum absolute atomic E-state index is 0.0216. The van der Waals surface area contributed by atoms with E-state index in [-0.39, 0.29) is 60.6 Å². The molecule has 48 heavy (non-hydrogen) atoms. The second kappa shape index (κ2) is 11.9. The third-order valence-corrected chi connectivity index (χ3v) is 12.1. The Labute approximate surface area is 283 Å². The van der Waals surface area contributed by atoms with Crippen molar-refractivity contribution in [3.63, 3.8) is 0 Å². The average molecular weight is 672 g/mol. The van der Waals surface area contributed by atoms with Crippen molar-refractivity contribution in [2.24, 2.45) is 34.7 Å². The SMILES string of the molecule is CO/N=C1\C[C@]2(C[C@@H]3C[C@@H](CC4OC4(C)C[C@@H](C)/C=C/C=C4\OC[C@@H]5[C@H](O)C(C)=C[C@@H](C(=O)O3)[C@]45O)O2)O[C@H]([C@]2(C)OC2C(C)C)[C@H]1C. The molecule has 6 aliphatic heterocycles. The van der Waals surface area contributed by atoms with Crippen LogP contribution in [0.4, 0.5) is 0 Å². The summed E-state index contributed by atoms with van der Waals surface area (Å²) < 4.78 is 39.0. The molecule has 0 aromatic rings. The van der Waals surface area contributed by atoms with Gasteiger partial charge in [-0.05, 0) is 50.7 Å². The van der Waals surface area contributed by atoms with E-state index in [0.717, 1.165) is 12.1 Å². The van der Waals surface area contributed by atoms with Gasteiger partial charge in [0.2, 0.25) is 0 Å². The molecule has 7 rings (SSSR count). The molecule has 11 heteroatoms. The lowest BCUT2D eigenvalue weighted by atomic mass is 9.68. The number of oxime groups is 1. The summed E-state index contributed by atoms with van der Waals surface area (Å²) in [6.07, 6.45) is 7.50. The van der Waals surface area contributed by atoms with Gasteiger partial charge in [-0.15, -0.1) is 0 Å². The van der Waals surface area contributed by atoms with Crippen molar-refractivity contribution in [3.8, 4) is 0 Å². The number of carbonyl (C=O) groups is 1. The molecular formula is C37H53NO10. The van der Waals surface area contributed by atoms with Gasteiger partial charge >= 0.3 is 5.97 Å². The maximum atomic E-state index is 14.3. The molecule has 0 amide bonds. The van der Waals surface area contributed by atoms with Gasteiger partial charge in [-0.25, -0.2) is 0 Å². The zero-order valence-electron chi connectivity index (χ0n) is 29.5. The predicted octanol–water partition coefficient (Wildman–Crippen LogP) is 4.36. The maximum absolute atomic E-state index is 14.3. The number of allylic oxidation sites excluding steroid dienone is 3. The highest BCUT2D eigenvalue weighted by atomic mass is 16.7. The molecule has 5 saturated heterocycles. The Balaban J connectivity index is 1.25. The van der Waals surface area contributed by atoms with Crippen molar-refractivity contribution in [3.05, 3.63) is 35.6 Å². The molecular weight excluding hydrogens is 618 g/mol. The highest BCUT2D eigenvalue weighted by molar-refractivity contribution is 5.88. The van der Waals surface area contributed by atoms with Crippen molar-refractivity contribution in [2.45, 2.75) is 140 Å². The highest BCUT2D eigenvalue weighted by Crippen LogP contribution is 2.54. The van der Waals surface area contributed by atoms with E-state index < -0.39 is 47.0 Å². The molecule has 0 aromatic heterocycles. The molecule has 7 aliphatic rings. The van der Waals surface area contributed by atoms with E-state index in [0.29, 0.717) is 30.8 Å². The molecule has 0 saturated carbocycles. The van der Waals surface area contributed by atoms with E-state index >= 15 is 0 Å². The summed E-state index contributed by atoms with van der Waals surface area (Å²) in [4.78, 5) is 19.6. The van der Waals surface area contributed by atoms with Crippen LogP contribution in [0.3, 0.4) is 0 Å². The topological polar surface area (TPSA) is 141 Å². The van der Waals surface area contributed by atoms with Crippen LogP contribution in [0.1, 0.15) is 80.6 Å². The number of aliphatic hydroxyl groups is 2. The molecule has 11 nitrogen and oxygen atoms in total. The number of esters is 1. The van der Waals surface area contributed by atoms with E-state index in [1.54, 1.807) is 26.2 Å². The number of hydrogen-bond acceptors (Lipinski definition) is 11. The molecule has 6 heterocycles. The second-order valence-corrected chi connectivity index (χ2v) is 16.2. The number of epoxide rings is 2. The fourth-order valence-corrected chi connectivity index (χ4v) is 9.49. The minimum atomic E-state index is -1.76. The Hall–Kier alpha value is -2.28. The third kappa shape index (κ3) is 5.66. The lowest BCUT2D eigenvalue weighted by molar-refractivity contribution is -0.326. The summed E-state index contributed by atoms with van der Waals surface area (Å²) in [6.45, 7) is 14.6. The molecule has 14 atom stereocenters. The largest absolute Gasteiger partial charge is 0.494 e. The summed E-state index contributed by atoms with van der Waals surface area (Å²) in [5.74, 6) is -2.87. The Morgan fingerprint density at radius 1 is 1.06 bits per heavy atom. The normalized spacial score (nSPS) is 52.7. The van der Waals surface area contributed by atoms with E-state index in [2.05, 4.69) is 52.8 Å². The second-order valence-electron chi connectivity index (χ2n) is 16.2. The van der Waals surface area contributed by atoms with Gasteiger partial charge in [0.25, 0.3) is 0 Å². The van der Waals surface area contributed by atoms with Crippen LogP contribution in [-0.2, 0) is 38.1 Å². The maximum Gasteiger partial charge on any atom is 0.316 e. The van der Waals surface area contributed by atoms with Gasteiger partial charge in [-0.1, -0.05) is 51.1 Å². The quantitative estimate of drug-likeness (QED) is 0.193. The van der Waals surface area contributed by atoms with Crippen LogP contribution >= 0.6 is 0 Å². The fourth-order valence-electron chi connectivity index (χ4n) is 9.49. The van der Waals surface area contributed by atoms with Crippen LogP contribution in [0.25, 0.3) is 0 Å². The smallest absolute Gasteiger partial charge is 0.316 e.